The third-order valence-electron chi connectivity index (χ3n) is 4.23. The summed E-state index contributed by atoms with van der Waals surface area (Å²) in [6, 6.07) is 0. The minimum Gasteiger partial charge on any atom is -0.544 e. The van der Waals surface area contributed by atoms with Gasteiger partial charge in [0, 0.05) is 0 Å². The average molecular weight is 309 g/mol. The van der Waals surface area contributed by atoms with Crippen LogP contribution in [-0.4, -0.2) is 36.6 Å². The summed E-state index contributed by atoms with van der Waals surface area (Å²) in [6.07, 6.45) is 15.1. The Labute approximate surface area is 137 Å². The van der Waals surface area contributed by atoms with Crippen LogP contribution in [0.25, 0.3) is 0 Å². The van der Waals surface area contributed by atoms with Gasteiger partial charge in [-0.15, -0.1) is 0 Å². The van der Waals surface area contributed by atoms with Crippen molar-refractivity contribution in [3.8, 4) is 0 Å². The van der Waals surface area contributed by atoms with Crippen LogP contribution in [0, 0.1) is 0 Å². The molecule has 0 saturated heterocycles. The number of nitrogens with zero attached hydrogens (tertiary/aromatic N) is 1. The fraction of sp³-hybridized carbons (Fsp3) is 0.737. The average Bonchev–Trinajstić information content (AvgIpc) is 2.45. The maximum absolute atomic E-state index is 11.0. The molecule has 0 saturated carbocycles. The van der Waals surface area contributed by atoms with E-state index in [4.69, 9.17) is 0 Å². The van der Waals surface area contributed by atoms with Gasteiger partial charge in [0.1, 0.15) is 6.54 Å². The van der Waals surface area contributed by atoms with Gasteiger partial charge in [-0.25, -0.2) is 0 Å². The van der Waals surface area contributed by atoms with Crippen molar-refractivity contribution in [3.05, 3.63) is 25.3 Å². The lowest BCUT2D eigenvalue weighted by Crippen LogP contribution is -2.54. The number of carboxylic acid groups (broad SMARTS) is 1. The van der Waals surface area contributed by atoms with Gasteiger partial charge in [-0.1, -0.05) is 65.0 Å². The number of rotatable bonds is 16. The summed E-state index contributed by atoms with van der Waals surface area (Å²) in [5.41, 5.74) is 0. The van der Waals surface area contributed by atoms with Crippen LogP contribution in [0.2, 0.25) is 0 Å². The zero-order chi connectivity index (χ0) is 16.7. The molecule has 0 fully saturated rings. The van der Waals surface area contributed by atoms with Crippen LogP contribution in [0.15, 0.2) is 25.3 Å². The highest BCUT2D eigenvalue weighted by atomic mass is 16.4. The molecule has 0 rings (SSSR count). The fourth-order valence-corrected chi connectivity index (χ4v) is 3.04. The number of carbonyl (C=O) groups is 1. The molecular formula is C19H35NO2. The molecule has 0 amide bonds. The molecule has 0 aliphatic carbocycles. The number of unbranched alkanes of at least 4 members (excludes halogenated alkanes) is 8. The molecular weight excluding hydrogens is 274 g/mol. The molecule has 0 bridgehead atoms. The van der Waals surface area contributed by atoms with Crippen molar-refractivity contribution in [2.45, 2.75) is 64.7 Å². The van der Waals surface area contributed by atoms with Crippen LogP contribution < -0.4 is 5.11 Å². The number of carboxylic acids is 1. The summed E-state index contributed by atoms with van der Waals surface area (Å²) in [5.74, 6) is -0.986. The van der Waals surface area contributed by atoms with Gasteiger partial charge >= 0.3 is 0 Å². The SMILES string of the molecule is C=CC[N+](CC=C)(CCCCCCCCCCC)CC(=O)[O-]. The number of carbonyl (C=O) groups excluding carboxylic acids is 1. The summed E-state index contributed by atoms with van der Waals surface area (Å²) in [4.78, 5) is 11.0. The lowest BCUT2D eigenvalue weighted by molar-refractivity contribution is -0.912. The van der Waals surface area contributed by atoms with Gasteiger partial charge in [0.15, 0.2) is 0 Å². The number of aliphatic carboxylic acids is 1. The Morgan fingerprint density at radius 1 is 0.909 bits per heavy atom. The van der Waals surface area contributed by atoms with Gasteiger partial charge in [0.05, 0.1) is 25.6 Å². The van der Waals surface area contributed by atoms with Crippen LogP contribution in [0.3, 0.4) is 0 Å². The number of hydrogen-bond donors (Lipinski definition) is 0. The predicted molar refractivity (Wildman–Crippen MR) is 92.4 cm³/mol. The second-order valence-electron chi connectivity index (χ2n) is 6.37. The van der Waals surface area contributed by atoms with Gasteiger partial charge in [0.25, 0.3) is 0 Å². The number of hydrogen-bond acceptors (Lipinski definition) is 2. The van der Waals surface area contributed by atoms with Crippen molar-refractivity contribution in [3.63, 3.8) is 0 Å². The Bertz CT molecular complexity index is 303. The Hall–Kier alpha value is -1.09. The zero-order valence-electron chi connectivity index (χ0n) is 14.5. The minimum absolute atomic E-state index is 0.0507. The van der Waals surface area contributed by atoms with Gasteiger partial charge < -0.3 is 14.4 Å². The van der Waals surface area contributed by atoms with Crippen LogP contribution in [0.5, 0.6) is 0 Å². The fourth-order valence-electron chi connectivity index (χ4n) is 3.04. The molecule has 0 atom stereocenters. The van der Waals surface area contributed by atoms with E-state index in [1.54, 1.807) is 12.2 Å². The summed E-state index contributed by atoms with van der Waals surface area (Å²) < 4.78 is 0.492. The highest BCUT2D eigenvalue weighted by Crippen LogP contribution is 2.14. The molecule has 0 aromatic heterocycles. The topological polar surface area (TPSA) is 40.1 Å². The molecule has 22 heavy (non-hydrogen) atoms. The largest absolute Gasteiger partial charge is 0.544 e. The van der Waals surface area contributed by atoms with Gasteiger partial charge in [0.2, 0.25) is 0 Å². The molecule has 3 heteroatoms. The van der Waals surface area contributed by atoms with Crippen LogP contribution >= 0.6 is 0 Å². The van der Waals surface area contributed by atoms with E-state index in [1.165, 1.54) is 51.4 Å². The maximum atomic E-state index is 11.0. The van der Waals surface area contributed by atoms with Crippen LogP contribution in [0.4, 0.5) is 0 Å². The molecule has 0 aliphatic rings. The minimum atomic E-state index is -0.986. The van der Waals surface area contributed by atoms with E-state index < -0.39 is 5.97 Å². The molecule has 0 aromatic carbocycles. The van der Waals surface area contributed by atoms with E-state index in [9.17, 15) is 9.90 Å². The molecule has 0 N–H and O–H groups in total. The van der Waals surface area contributed by atoms with E-state index >= 15 is 0 Å². The highest BCUT2D eigenvalue weighted by molar-refractivity contribution is 5.65. The van der Waals surface area contributed by atoms with Gasteiger partial charge in [-0.05, 0) is 25.0 Å². The van der Waals surface area contributed by atoms with E-state index in [1.807, 2.05) is 0 Å². The van der Waals surface area contributed by atoms with Crippen molar-refractivity contribution in [1.82, 2.24) is 0 Å². The van der Waals surface area contributed by atoms with Crippen LogP contribution in [0.1, 0.15) is 64.7 Å². The van der Waals surface area contributed by atoms with E-state index in [0.29, 0.717) is 17.6 Å². The molecule has 3 nitrogen and oxygen atoms in total. The highest BCUT2D eigenvalue weighted by Gasteiger charge is 2.24. The van der Waals surface area contributed by atoms with Crippen molar-refractivity contribution in [1.29, 1.82) is 0 Å². The summed E-state index contributed by atoms with van der Waals surface area (Å²) >= 11 is 0. The van der Waals surface area contributed by atoms with Crippen molar-refractivity contribution in [2.75, 3.05) is 26.2 Å². The molecule has 0 unspecified atom stereocenters. The normalized spacial score (nSPS) is 11.3. The third kappa shape index (κ3) is 10.6. The van der Waals surface area contributed by atoms with Gasteiger partial charge in [-0.2, -0.15) is 0 Å². The predicted octanol–water partition coefficient (Wildman–Crippen LogP) is 3.46. The Kier molecular flexibility index (Phi) is 12.9. The summed E-state index contributed by atoms with van der Waals surface area (Å²) in [7, 11) is 0. The van der Waals surface area contributed by atoms with Gasteiger partial charge in [-0.3, -0.25) is 0 Å². The van der Waals surface area contributed by atoms with E-state index in [0.717, 1.165) is 13.0 Å². The Morgan fingerprint density at radius 2 is 1.36 bits per heavy atom. The number of quaternary nitrogens is 1. The van der Waals surface area contributed by atoms with Crippen molar-refractivity contribution < 1.29 is 14.4 Å². The second-order valence-corrected chi connectivity index (χ2v) is 6.37. The van der Waals surface area contributed by atoms with Crippen molar-refractivity contribution in [2.24, 2.45) is 0 Å². The Balaban J connectivity index is 3.99. The molecule has 0 aromatic rings. The first-order valence-corrected chi connectivity index (χ1v) is 8.87. The zero-order valence-corrected chi connectivity index (χ0v) is 14.5. The van der Waals surface area contributed by atoms with Crippen molar-refractivity contribution >= 4 is 5.97 Å². The van der Waals surface area contributed by atoms with E-state index in [2.05, 4.69) is 20.1 Å². The first-order valence-electron chi connectivity index (χ1n) is 8.87. The van der Waals surface area contributed by atoms with E-state index in [-0.39, 0.29) is 6.54 Å². The summed E-state index contributed by atoms with van der Waals surface area (Å²) in [6.45, 7) is 12.0. The molecule has 0 aliphatic heterocycles. The lowest BCUT2D eigenvalue weighted by atomic mass is 10.1. The first kappa shape index (κ1) is 20.9. The monoisotopic (exact) mass is 309 g/mol. The quantitative estimate of drug-likeness (QED) is 0.249. The standard InChI is InChI=1S/C19H35NO2/c1-4-7-8-9-10-11-12-13-14-17-20(15-5-2,16-6-3)18-19(21)22/h5-6H,2-4,7-18H2,1H3. The molecule has 0 heterocycles. The smallest absolute Gasteiger partial charge is 0.119 e. The Morgan fingerprint density at radius 3 is 1.77 bits per heavy atom. The van der Waals surface area contributed by atoms with Crippen LogP contribution in [-0.2, 0) is 4.79 Å². The molecule has 128 valence electrons. The third-order valence-corrected chi connectivity index (χ3v) is 4.23. The second kappa shape index (κ2) is 13.6. The summed E-state index contributed by atoms with van der Waals surface area (Å²) in [5, 5.41) is 11.0. The molecule has 0 spiro atoms. The maximum Gasteiger partial charge on any atom is 0.119 e. The first-order chi connectivity index (χ1) is 10.6. The molecule has 0 radical (unpaired) electrons. The lowest BCUT2D eigenvalue weighted by Gasteiger charge is -2.37.